The number of carbonyl (C=O) groups excluding carboxylic acids is 3. The highest BCUT2D eigenvalue weighted by Gasteiger charge is 2.28. The average Bonchev–Trinajstić information content (AvgIpc) is 2.67. The Morgan fingerprint density at radius 2 is 2.00 bits per heavy atom. The number of nitrogens with one attached hydrogen (secondary N) is 1. The van der Waals surface area contributed by atoms with E-state index in [1.165, 1.54) is 23.6 Å². The summed E-state index contributed by atoms with van der Waals surface area (Å²) in [5.74, 6) is -1.85. The largest absolute Gasteiger partial charge is 0.480 e. The van der Waals surface area contributed by atoms with Gasteiger partial charge in [0.1, 0.15) is 6.04 Å². The molecule has 0 bridgehead atoms. The van der Waals surface area contributed by atoms with Gasteiger partial charge in [0.15, 0.2) is 0 Å². The SMILES string of the molecule is CC(=O)NCCN(C(=O)CN1CCCCCC1=O)C(C)C(=O)O. The van der Waals surface area contributed by atoms with E-state index < -0.39 is 17.9 Å². The molecule has 2 N–H and O–H groups in total. The Labute approximate surface area is 135 Å². The summed E-state index contributed by atoms with van der Waals surface area (Å²) in [5.41, 5.74) is 0. The van der Waals surface area contributed by atoms with Crippen molar-refractivity contribution in [2.75, 3.05) is 26.2 Å². The molecule has 0 aromatic heterocycles. The minimum atomic E-state index is -1.12. The van der Waals surface area contributed by atoms with E-state index in [1.807, 2.05) is 0 Å². The fraction of sp³-hybridized carbons (Fsp3) is 0.733. The van der Waals surface area contributed by atoms with Gasteiger partial charge in [-0.05, 0) is 19.8 Å². The second kappa shape index (κ2) is 9.12. The van der Waals surface area contributed by atoms with Crippen LogP contribution in [-0.2, 0) is 19.2 Å². The van der Waals surface area contributed by atoms with Crippen LogP contribution in [0.2, 0.25) is 0 Å². The number of hydrogen-bond acceptors (Lipinski definition) is 4. The maximum atomic E-state index is 12.4. The van der Waals surface area contributed by atoms with Gasteiger partial charge in [0.2, 0.25) is 17.7 Å². The Morgan fingerprint density at radius 3 is 2.61 bits per heavy atom. The predicted molar refractivity (Wildman–Crippen MR) is 82.5 cm³/mol. The van der Waals surface area contributed by atoms with Gasteiger partial charge in [-0.1, -0.05) is 6.42 Å². The molecule has 1 unspecified atom stereocenters. The highest BCUT2D eigenvalue weighted by atomic mass is 16.4. The van der Waals surface area contributed by atoms with Gasteiger partial charge < -0.3 is 20.2 Å². The molecule has 0 aliphatic carbocycles. The van der Waals surface area contributed by atoms with Gasteiger partial charge in [0.05, 0.1) is 6.54 Å². The lowest BCUT2D eigenvalue weighted by atomic mass is 10.2. The third kappa shape index (κ3) is 6.25. The summed E-state index contributed by atoms with van der Waals surface area (Å²) < 4.78 is 0. The van der Waals surface area contributed by atoms with Crippen molar-refractivity contribution in [3.8, 4) is 0 Å². The molecule has 1 aliphatic rings. The molecule has 8 nitrogen and oxygen atoms in total. The first-order valence-corrected chi connectivity index (χ1v) is 7.87. The van der Waals surface area contributed by atoms with Gasteiger partial charge >= 0.3 is 5.97 Å². The number of amides is 3. The maximum Gasteiger partial charge on any atom is 0.326 e. The lowest BCUT2D eigenvalue weighted by Crippen LogP contribution is -2.50. The Balaban J connectivity index is 2.70. The Morgan fingerprint density at radius 1 is 1.30 bits per heavy atom. The Hall–Kier alpha value is -2.12. The molecule has 1 atom stereocenters. The molecule has 23 heavy (non-hydrogen) atoms. The standard InChI is InChI=1S/C15H25N3O5/c1-11(15(22)23)18(9-7-16-12(2)19)14(21)10-17-8-5-3-4-6-13(17)20/h11H,3-10H2,1-2H3,(H,16,19)(H,22,23). The number of aliphatic carboxylic acids is 1. The molecular weight excluding hydrogens is 302 g/mol. The van der Waals surface area contributed by atoms with E-state index in [2.05, 4.69) is 5.32 Å². The average molecular weight is 327 g/mol. The minimum Gasteiger partial charge on any atom is -0.480 e. The van der Waals surface area contributed by atoms with Crippen molar-refractivity contribution in [1.82, 2.24) is 15.1 Å². The van der Waals surface area contributed by atoms with Crippen molar-refractivity contribution in [1.29, 1.82) is 0 Å². The van der Waals surface area contributed by atoms with Crippen LogP contribution in [-0.4, -0.2) is 70.8 Å². The van der Waals surface area contributed by atoms with Gasteiger partial charge in [0, 0.05) is 33.0 Å². The highest BCUT2D eigenvalue weighted by Crippen LogP contribution is 2.12. The maximum absolute atomic E-state index is 12.4. The van der Waals surface area contributed by atoms with E-state index in [0.717, 1.165) is 19.3 Å². The molecule has 0 spiro atoms. The second-order valence-corrected chi connectivity index (χ2v) is 5.71. The van der Waals surface area contributed by atoms with Gasteiger partial charge in [-0.15, -0.1) is 0 Å². The first kappa shape index (κ1) is 18.9. The van der Waals surface area contributed by atoms with E-state index >= 15 is 0 Å². The van der Waals surface area contributed by atoms with Crippen LogP contribution in [0.4, 0.5) is 0 Å². The zero-order valence-electron chi connectivity index (χ0n) is 13.7. The molecule has 0 radical (unpaired) electrons. The van der Waals surface area contributed by atoms with Crippen LogP contribution in [0.5, 0.6) is 0 Å². The summed E-state index contributed by atoms with van der Waals surface area (Å²) in [6, 6.07) is -1.02. The van der Waals surface area contributed by atoms with Crippen LogP contribution in [0, 0.1) is 0 Å². The van der Waals surface area contributed by atoms with Crippen LogP contribution in [0.3, 0.4) is 0 Å². The molecule has 1 aliphatic heterocycles. The number of hydrogen-bond donors (Lipinski definition) is 2. The topological polar surface area (TPSA) is 107 Å². The first-order chi connectivity index (χ1) is 10.8. The van der Waals surface area contributed by atoms with E-state index in [0.29, 0.717) is 13.0 Å². The van der Waals surface area contributed by atoms with E-state index in [1.54, 1.807) is 0 Å². The van der Waals surface area contributed by atoms with Gasteiger partial charge in [-0.25, -0.2) is 4.79 Å². The van der Waals surface area contributed by atoms with E-state index in [4.69, 9.17) is 5.11 Å². The quantitative estimate of drug-likeness (QED) is 0.675. The zero-order valence-corrected chi connectivity index (χ0v) is 13.7. The summed E-state index contributed by atoms with van der Waals surface area (Å²) in [7, 11) is 0. The van der Waals surface area contributed by atoms with Crippen LogP contribution < -0.4 is 5.32 Å². The molecule has 8 heteroatoms. The molecule has 3 amide bonds. The predicted octanol–water partition coefficient (Wildman–Crippen LogP) is -0.173. The lowest BCUT2D eigenvalue weighted by Gasteiger charge is -2.29. The van der Waals surface area contributed by atoms with Crippen LogP contribution >= 0.6 is 0 Å². The van der Waals surface area contributed by atoms with Crippen LogP contribution in [0.1, 0.15) is 39.5 Å². The normalized spacial score (nSPS) is 16.4. The van der Waals surface area contributed by atoms with Gasteiger partial charge in [-0.2, -0.15) is 0 Å². The molecular formula is C15H25N3O5. The number of nitrogens with zero attached hydrogens (tertiary/aromatic N) is 2. The fourth-order valence-corrected chi connectivity index (χ4v) is 2.48. The first-order valence-electron chi connectivity index (χ1n) is 7.87. The van der Waals surface area contributed by atoms with Crippen molar-refractivity contribution in [3.05, 3.63) is 0 Å². The van der Waals surface area contributed by atoms with Crippen molar-refractivity contribution >= 4 is 23.7 Å². The van der Waals surface area contributed by atoms with Crippen LogP contribution in [0.15, 0.2) is 0 Å². The zero-order chi connectivity index (χ0) is 17.4. The summed E-state index contributed by atoms with van der Waals surface area (Å²) in [5, 5.41) is 11.7. The Bertz CT molecular complexity index is 466. The number of carboxylic acid groups (broad SMARTS) is 1. The fourth-order valence-electron chi connectivity index (χ4n) is 2.48. The monoisotopic (exact) mass is 327 g/mol. The number of carbonyl (C=O) groups is 4. The van der Waals surface area contributed by atoms with Gasteiger partial charge in [0.25, 0.3) is 0 Å². The van der Waals surface area contributed by atoms with Gasteiger partial charge in [-0.3, -0.25) is 14.4 Å². The molecule has 1 saturated heterocycles. The van der Waals surface area contributed by atoms with Crippen molar-refractivity contribution in [3.63, 3.8) is 0 Å². The van der Waals surface area contributed by atoms with Crippen molar-refractivity contribution in [2.24, 2.45) is 0 Å². The summed E-state index contributed by atoms with van der Waals surface area (Å²) in [6.07, 6.45) is 3.04. The number of rotatable bonds is 7. The highest BCUT2D eigenvalue weighted by molar-refractivity contribution is 5.88. The third-order valence-corrected chi connectivity index (χ3v) is 3.87. The molecule has 1 rings (SSSR count). The summed E-state index contributed by atoms with van der Waals surface area (Å²) >= 11 is 0. The number of likely N-dealkylation sites (tertiary alicyclic amines) is 1. The van der Waals surface area contributed by atoms with Crippen molar-refractivity contribution in [2.45, 2.75) is 45.6 Å². The third-order valence-electron chi connectivity index (χ3n) is 3.87. The lowest BCUT2D eigenvalue weighted by molar-refractivity contribution is -0.151. The van der Waals surface area contributed by atoms with E-state index in [9.17, 15) is 19.2 Å². The molecule has 0 aromatic carbocycles. The van der Waals surface area contributed by atoms with E-state index in [-0.39, 0.29) is 31.4 Å². The number of carboxylic acids is 1. The molecule has 0 aromatic rings. The molecule has 130 valence electrons. The smallest absolute Gasteiger partial charge is 0.326 e. The summed E-state index contributed by atoms with van der Waals surface area (Å²) in [4.78, 5) is 49.2. The van der Waals surface area contributed by atoms with Crippen molar-refractivity contribution < 1.29 is 24.3 Å². The minimum absolute atomic E-state index is 0.0689. The second-order valence-electron chi connectivity index (χ2n) is 5.71. The molecule has 1 fully saturated rings. The summed E-state index contributed by atoms with van der Waals surface area (Å²) in [6.45, 7) is 3.43. The molecule has 1 heterocycles. The molecule has 0 saturated carbocycles. The van der Waals surface area contributed by atoms with Crippen LogP contribution in [0.25, 0.3) is 0 Å². The Kier molecular flexibility index (Phi) is 7.50.